The maximum absolute atomic E-state index is 5.46. The molecule has 0 aromatic heterocycles. The zero-order chi connectivity index (χ0) is 17.5. The zero-order valence-electron chi connectivity index (χ0n) is 15.3. The van der Waals surface area contributed by atoms with Crippen molar-refractivity contribution in [2.45, 2.75) is 50.6 Å². The molecular weight excluding hydrogens is 310 g/mol. The Morgan fingerprint density at radius 1 is 0.760 bits per heavy atom. The van der Waals surface area contributed by atoms with Crippen molar-refractivity contribution in [1.29, 1.82) is 0 Å². The Hall–Kier alpha value is -2.00. The van der Waals surface area contributed by atoms with Gasteiger partial charge in [0.2, 0.25) is 0 Å². The third kappa shape index (κ3) is 4.76. The van der Waals surface area contributed by atoms with E-state index in [-0.39, 0.29) is 0 Å². The van der Waals surface area contributed by atoms with Crippen molar-refractivity contribution in [2.24, 2.45) is 0 Å². The molecule has 1 saturated heterocycles. The van der Waals surface area contributed by atoms with Gasteiger partial charge in [-0.1, -0.05) is 36.4 Å². The number of hydrogen-bond acceptors (Lipinski definition) is 3. The minimum atomic E-state index is 0.618. The van der Waals surface area contributed by atoms with Crippen LogP contribution in [-0.2, 0) is 12.8 Å². The van der Waals surface area contributed by atoms with Crippen LogP contribution in [0.4, 0.5) is 0 Å². The van der Waals surface area contributed by atoms with Crippen LogP contribution in [0.3, 0.4) is 0 Å². The molecule has 1 heterocycles. The normalized spacial score (nSPS) is 19.8. The molecular formula is C22H29NO2. The van der Waals surface area contributed by atoms with E-state index in [1.165, 1.54) is 36.8 Å². The molecule has 1 fully saturated rings. The van der Waals surface area contributed by atoms with Gasteiger partial charge < -0.3 is 14.8 Å². The van der Waals surface area contributed by atoms with Crippen LogP contribution in [-0.4, -0.2) is 26.3 Å². The molecule has 3 heteroatoms. The van der Waals surface area contributed by atoms with Gasteiger partial charge in [-0.25, -0.2) is 0 Å². The largest absolute Gasteiger partial charge is 0.496 e. The van der Waals surface area contributed by atoms with Crippen LogP contribution in [0.2, 0.25) is 0 Å². The van der Waals surface area contributed by atoms with E-state index in [9.17, 15) is 0 Å². The van der Waals surface area contributed by atoms with Gasteiger partial charge in [-0.05, 0) is 61.8 Å². The van der Waals surface area contributed by atoms with Gasteiger partial charge in [0, 0.05) is 12.1 Å². The average molecular weight is 339 g/mol. The number of methoxy groups -OCH3 is 2. The van der Waals surface area contributed by atoms with Crippen molar-refractivity contribution in [3.8, 4) is 11.5 Å². The lowest BCUT2D eigenvalue weighted by atomic mass is 10.0. The first-order valence-electron chi connectivity index (χ1n) is 9.30. The van der Waals surface area contributed by atoms with Crippen molar-refractivity contribution in [1.82, 2.24) is 5.32 Å². The summed E-state index contributed by atoms with van der Waals surface area (Å²) in [7, 11) is 3.50. The van der Waals surface area contributed by atoms with Crippen molar-refractivity contribution >= 4 is 0 Å². The van der Waals surface area contributed by atoms with E-state index >= 15 is 0 Å². The van der Waals surface area contributed by atoms with Gasteiger partial charge in [0.15, 0.2) is 0 Å². The Labute approximate surface area is 151 Å². The fourth-order valence-corrected chi connectivity index (χ4v) is 3.84. The van der Waals surface area contributed by atoms with Crippen LogP contribution in [0.5, 0.6) is 11.5 Å². The molecule has 0 unspecified atom stereocenters. The summed E-state index contributed by atoms with van der Waals surface area (Å²) in [5, 5.41) is 3.82. The molecule has 3 rings (SSSR count). The summed E-state index contributed by atoms with van der Waals surface area (Å²) in [4.78, 5) is 0. The van der Waals surface area contributed by atoms with E-state index < -0.39 is 0 Å². The van der Waals surface area contributed by atoms with Crippen molar-refractivity contribution in [3.63, 3.8) is 0 Å². The summed E-state index contributed by atoms with van der Waals surface area (Å²) < 4.78 is 10.9. The Morgan fingerprint density at radius 2 is 1.20 bits per heavy atom. The van der Waals surface area contributed by atoms with E-state index in [0.29, 0.717) is 12.1 Å². The zero-order valence-corrected chi connectivity index (χ0v) is 15.3. The molecule has 25 heavy (non-hydrogen) atoms. The lowest BCUT2D eigenvalue weighted by molar-refractivity contribution is 0.405. The Bertz CT molecular complexity index is 613. The molecule has 1 aliphatic heterocycles. The molecule has 1 N–H and O–H groups in total. The van der Waals surface area contributed by atoms with Gasteiger partial charge in [-0.15, -0.1) is 0 Å². The Kier molecular flexibility index (Phi) is 6.35. The van der Waals surface area contributed by atoms with Crippen LogP contribution in [0.25, 0.3) is 0 Å². The van der Waals surface area contributed by atoms with Crippen molar-refractivity contribution < 1.29 is 9.47 Å². The second-order valence-corrected chi connectivity index (χ2v) is 6.84. The summed E-state index contributed by atoms with van der Waals surface area (Å²) >= 11 is 0. The fraction of sp³-hybridized carbons (Fsp3) is 0.455. The molecule has 1 aliphatic rings. The summed E-state index contributed by atoms with van der Waals surface area (Å²) in [6.45, 7) is 0. The third-order valence-electron chi connectivity index (χ3n) is 5.24. The van der Waals surface area contributed by atoms with Crippen LogP contribution < -0.4 is 14.8 Å². The molecule has 2 atom stereocenters. The van der Waals surface area contributed by atoms with E-state index in [0.717, 1.165) is 24.3 Å². The number of para-hydroxylation sites is 2. The topological polar surface area (TPSA) is 30.5 Å². The average Bonchev–Trinajstić information content (AvgIpc) is 3.13. The summed E-state index contributed by atoms with van der Waals surface area (Å²) in [5.74, 6) is 2.02. The monoisotopic (exact) mass is 339 g/mol. The highest BCUT2D eigenvalue weighted by molar-refractivity contribution is 5.34. The first kappa shape index (κ1) is 17.8. The van der Waals surface area contributed by atoms with Crippen LogP contribution >= 0.6 is 0 Å². The van der Waals surface area contributed by atoms with Gasteiger partial charge in [-0.3, -0.25) is 0 Å². The lowest BCUT2D eigenvalue weighted by Crippen LogP contribution is -2.30. The first-order chi connectivity index (χ1) is 12.3. The van der Waals surface area contributed by atoms with E-state index in [1.54, 1.807) is 14.2 Å². The van der Waals surface area contributed by atoms with E-state index in [4.69, 9.17) is 9.47 Å². The molecule has 0 bridgehead atoms. The molecule has 134 valence electrons. The SMILES string of the molecule is COc1ccccc1CC[C@@H]1CC[C@H](CCc2ccccc2OC)N1. The quantitative estimate of drug-likeness (QED) is 0.774. The molecule has 2 aromatic rings. The number of rotatable bonds is 8. The van der Waals surface area contributed by atoms with E-state index in [2.05, 4.69) is 29.6 Å². The molecule has 0 spiro atoms. The smallest absolute Gasteiger partial charge is 0.122 e. The highest BCUT2D eigenvalue weighted by Crippen LogP contribution is 2.25. The molecule has 0 aliphatic carbocycles. The summed E-state index contributed by atoms with van der Waals surface area (Å²) in [5.41, 5.74) is 2.62. The highest BCUT2D eigenvalue weighted by atomic mass is 16.5. The first-order valence-corrected chi connectivity index (χ1v) is 9.30. The maximum atomic E-state index is 5.46. The van der Waals surface area contributed by atoms with Gasteiger partial charge in [-0.2, -0.15) is 0 Å². The number of aryl methyl sites for hydroxylation is 2. The van der Waals surface area contributed by atoms with Gasteiger partial charge in [0.1, 0.15) is 11.5 Å². The minimum Gasteiger partial charge on any atom is -0.496 e. The summed E-state index contributed by atoms with van der Waals surface area (Å²) in [6.07, 6.45) is 7.02. The van der Waals surface area contributed by atoms with E-state index in [1.807, 2.05) is 24.3 Å². The van der Waals surface area contributed by atoms with Crippen LogP contribution in [0, 0.1) is 0 Å². The van der Waals surface area contributed by atoms with Crippen molar-refractivity contribution in [2.75, 3.05) is 14.2 Å². The minimum absolute atomic E-state index is 0.618. The standard InChI is InChI=1S/C22H29NO2/c1-24-21-9-5-3-7-17(21)11-13-19-15-16-20(23-19)14-12-18-8-4-6-10-22(18)25-2/h3-10,19-20,23H,11-16H2,1-2H3/t19-,20+. The number of hydrogen-bond donors (Lipinski definition) is 1. The van der Waals surface area contributed by atoms with Gasteiger partial charge in [0.25, 0.3) is 0 Å². The molecule has 0 amide bonds. The molecule has 0 radical (unpaired) electrons. The van der Waals surface area contributed by atoms with Gasteiger partial charge >= 0.3 is 0 Å². The third-order valence-corrected chi connectivity index (χ3v) is 5.24. The predicted octanol–water partition coefficient (Wildman–Crippen LogP) is 4.39. The maximum Gasteiger partial charge on any atom is 0.122 e. The number of nitrogens with one attached hydrogen (secondary N) is 1. The second kappa shape index (κ2) is 8.91. The second-order valence-electron chi connectivity index (χ2n) is 6.84. The fourth-order valence-electron chi connectivity index (χ4n) is 3.84. The summed E-state index contributed by atoms with van der Waals surface area (Å²) in [6, 6.07) is 17.9. The van der Waals surface area contributed by atoms with Crippen molar-refractivity contribution in [3.05, 3.63) is 59.7 Å². The Morgan fingerprint density at radius 3 is 1.64 bits per heavy atom. The van der Waals surface area contributed by atoms with Crippen LogP contribution in [0.15, 0.2) is 48.5 Å². The predicted molar refractivity (Wildman–Crippen MR) is 103 cm³/mol. The Balaban J connectivity index is 1.46. The molecule has 0 saturated carbocycles. The lowest BCUT2D eigenvalue weighted by Gasteiger charge is -2.16. The highest BCUT2D eigenvalue weighted by Gasteiger charge is 2.23. The molecule has 3 nitrogen and oxygen atoms in total. The molecule has 2 aromatic carbocycles. The number of ether oxygens (including phenoxy) is 2. The number of benzene rings is 2. The van der Waals surface area contributed by atoms with Gasteiger partial charge in [0.05, 0.1) is 14.2 Å². The van der Waals surface area contributed by atoms with Crippen LogP contribution in [0.1, 0.15) is 36.8 Å².